The van der Waals surface area contributed by atoms with Crippen LogP contribution in [0.3, 0.4) is 0 Å². The molecule has 0 radical (unpaired) electrons. The van der Waals surface area contributed by atoms with Crippen molar-refractivity contribution in [1.82, 2.24) is 9.59 Å². The highest BCUT2D eigenvalue weighted by Crippen LogP contribution is 2.09. The second-order valence-corrected chi connectivity index (χ2v) is 4.18. The molecule has 68 valence electrons. The zero-order valence-electron chi connectivity index (χ0n) is 7.12. The predicted octanol–water partition coefficient (Wildman–Crippen LogP) is 2.09. The lowest BCUT2D eigenvalue weighted by Gasteiger charge is -2.00. The van der Waals surface area contributed by atoms with Crippen molar-refractivity contribution < 1.29 is 0 Å². The van der Waals surface area contributed by atoms with Crippen molar-refractivity contribution in [1.29, 1.82) is 0 Å². The van der Waals surface area contributed by atoms with Crippen molar-refractivity contribution >= 4 is 28.3 Å². The smallest absolute Gasteiger partial charge is 0.130 e. The predicted molar refractivity (Wildman–Crippen MR) is 56.0 cm³/mol. The lowest BCUT2D eigenvalue weighted by Crippen LogP contribution is -1.99. The average Bonchev–Trinajstić information content (AvgIpc) is 2.57. The number of hydrogen-bond acceptors (Lipinski definition) is 5. The van der Waals surface area contributed by atoms with Crippen LogP contribution in [0, 0.1) is 0 Å². The van der Waals surface area contributed by atoms with E-state index in [0.29, 0.717) is 0 Å². The Hall–Kier alpha value is -0.290. The van der Waals surface area contributed by atoms with Gasteiger partial charge in [-0.05, 0) is 24.9 Å². The Morgan fingerprint density at radius 1 is 1.58 bits per heavy atom. The molecule has 1 aromatic heterocycles. The lowest BCUT2D eigenvalue weighted by atomic mass is 10.3. The van der Waals surface area contributed by atoms with E-state index in [4.69, 9.17) is 0 Å². The van der Waals surface area contributed by atoms with E-state index in [1.54, 1.807) is 6.20 Å². The largest absolute Gasteiger partial charge is 0.374 e. The molecule has 0 amide bonds. The molecular weight excluding hydrogens is 190 g/mol. The third-order valence-corrected chi connectivity index (χ3v) is 2.76. The Labute approximate surface area is 81.1 Å². The maximum absolute atomic E-state index is 3.76. The van der Waals surface area contributed by atoms with Crippen LogP contribution < -0.4 is 5.32 Å². The summed E-state index contributed by atoms with van der Waals surface area (Å²) in [5.41, 5.74) is 0. The quantitative estimate of drug-likeness (QED) is 0.718. The molecule has 0 saturated carbocycles. The molecule has 1 rings (SSSR count). The topological polar surface area (TPSA) is 37.8 Å². The number of nitrogens with zero attached hydrogens (tertiary/aromatic N) is 2. The van der Waals surface area contributed by atoms with Crippen LogP contribution in [-0.4, -0.2) is 28.1 Å². The Bertz CT molecular complexity index is 189. The van der Waals surface area contributed by atoms with E-state index in [1.807, 2.05) is 11.8 Å². The monoisotopic (exact) mass is 203 g/mol. The van der Waals surface area contributed by atoms with Crippen molar-refractivity contribution in [3.8, 4) is 0 Å². The molecule has 0 unspecified atom stereocenters. The molecule has 0 saturated heterocycles. The van der Waals surface area contributed by atoms with Crippen molar-refractivity contribution in [2.75, 3.05) is 23.9 Å². The Kier molecular flexibility index (Phi) is 5.10. The molecule has 0 spiro atoms. The molecule has 1 aromatic rings. The van der Waals surface area contributed by atoms with Gasteiger partial charge in [0, 0.05) is 18.1 Å². The van der Waals surface area contributed by atoms with E-state index in [1.165, 1.54) is 30.1 Å². The van der Waals surface area contributed by atoms with Crippen LogP contribution >= 0.6 is 23.3 Å². The number of nitrogens with one attached hydrogen (secondary N) is 1. The second kappa shape index (κ2) is 6.25. The molecule has 0 bridgehead atoms. The van der Waals surface area contributed by atoms with Crippen LogP contribution in [0.15, 0.2) is 6.20 Å². The number of unbranched alkanes of at least 4 members (excludes halogenated alkanes) is 1. The molecule has 1 N–H and O–H groups in total. The molecule has 1 heterocycles. The van der Waals surface area contributed by atoms with E-state index in [9.17, 15) is 0 Å². The van der Waals surface area contributed by atoms with Crippen LogP contribution in [0.1, 0.15) is 12.8 Å². The highest BCUT2D eigenvalue weighted by Gasteiger charge is 1.92. The van der Waals surface area contributed by atoms with Crippen molar-refractivity contribution in [3.05, 3.63) is 6.20 Å². The fourth-order valence-corrected chi connectivity index (χ4v) is 1.76. The first kappa shape index (κ1) is 9.80. The number of rotatable bonds is 6. The summed E-state index contributed by atoms with van der Waals surface area (Å²) < 4.78 is 3.76. The zero-order chi connectivity index (χ0) is 8.65. The van der Waals surface area contributed by atoms with Gasteiger partial charge in [0.05, 0.1) is 6.20 Å². The summed E-state index contributed by atoms with van der Waals surface area (Å²) in [6, 6.07) is 0. The Morgan fingerprint density at radius 2 is 2.50 bits per heavy atom. The van der Waals surface area contributed by atoms with Gasteiger partial charge in [-0.1, -0.05) is 4.49 Å². The van der Waals surface area contributed by atoms with Crippen molar-refractivity contribution in [2.45, 2.75) is 12.8 Å². The van der Waals surface area contributed by atoms with Gasteiger partial charge < -0.3 is 5.32 Å². The average molecular weight is 203 g/mol. The normalized spacial score (nSPS) is 10.1. The number of anilines is 1. The van der Waals surface area contributed by atoms with E-state index < -0.39 is 0 Å². The van der Waals surface area contributed by atoms with Gasteiger partial charge in [-0.25, -0.2) is 0 Å². The zero-order valence-corrected chi connectivity index (χ0v) is 8.75. The minimum absolute atomic E-state index is 1.03. The van der Waals surface area contributed by atoms with Crippen molar-refractivity contribution in [2.24, 2.45) is 0 Å². The molecule has 0 aromatic carbocycles. The van der Waals surface area contributed by atoms with Crippen LogP contribution in [0.4, 0.5) is 5.00 Å². The first-order valence-electron chi connectivity index (χ1n) is 3.93. The molecule has 0 atom stereocenters. The summed E-state index contributed by atoms with van der Waals surface area (Å²) in [7, 11) is 0. The lowest BCUT2D eigenvalue weighted by molar-refractivity contribution is 0.845. The maximum atomic E-state index is 3.76. The third kappa shape index (κ3) is 3.92. The first-order valence-corrected chi connectivity index (χ1v) is 6.10. The summed E-state index contributed by atoms with van der Waals surface area (Å²) in [6.07, 6.45) is 6.40. The van der Waals surface area contributed by atoms with E-state index in [-0.39, 0.29) is 0 Å². The Morgan fingerprint density at radius 3 is 3.17 bits per heavy atom. The van der Waals surface area contributed by atoms with Crippen LogP contribution in [0.25, 0.3) is 0 Å². The minimum atomic E-state index is 1.03. The minimum Gasteiger partial charge on any atom is -0.374 e. The molecule has 0 aliphatic rings. The standard InChI is InChI=1S/C7H13N3S2/c1-11-5-3-2-4-8-7-6-9-10-12-7/h6,8H,2-5H2,1H3. The van der Waals surface area contributed by atoms with Crippen LogP contribution in [0.5, 0.6) is 0 Å². The highest BCUT2D eigenvalue weighted by molar-refractivity contribution is 7.98. The molecule has 0 fully saturated rings. The summed E-state index contributed by atoms with van der Waals surface area (Å²) >= 11 is 3.31. The summed E-state index contributed by atoms with van der Waals surface area (Å²) in [6.45, 7) is 1.03. The molecule has 5 heteroatoms. The molecular formula is C7H13N3S2. The van der Waals surface area contributed by atoms with Crippen LogP contribution in [0.2, 0.25) is 0 Å². The van der Waals surface area contributed by atoms with E-state index >= 15 is 0 Å². The van der Waals surface area contributed by atoms with Gasteiger partial charge in [0.2, 0.25) is 0 Å². The van der Waals surface area contributed by atoms with Gasteiger partial charge in [0.15, 0.2) is 0 Å². The maximum Gasteiger partial charge on any atom is 0.130 e. The van der Waals surface area contributed by atoms with Crippen molar-refractivity contribution in [3.63, 3.8) is 0 Å². The van der Waals surface area contributed by atoms with Gasteiger partial charge in [-0.2, -0.15) is 11.8 Å². The van der Waals surface area contributed by atoms with Gasteiger partial charge >= 0.3 is 0 Å². The van der Waals surface area contributed by atoms with E-state index in [2.05, 4.69) is 21.2 Å². The highest BCUT2D eigenvalue weighted by atomic mass is 32.2. The van der Waals surface area contributed by atoms with Gasteiger partial charge in [-0.15, -0.1) is 5.10 Å². The molecule has 0 aliphatic heterocycles. The number of thioether (sulfide) groups is 1. The molecule has 12 heavy (non-hydrogen) atoms. The second-order valence-electron chi connectivity index (χ2n) is 2.41. The Balaban J connectivity index is 1.96. The number of aromatic nitrogens is 2. The van der Waals surface area contributed by atoms with Crippen LogP contribution in [-0.2, 0) is 0 Å². The first-order chi connectivity index (χ1) is 5.93. The summed E-state index contributed by atoms with van der Waals surface area (Å²) in [4.78, 5) is 0. The molecule has 3 nitrogen and oxygen atoms in total. The van der Waals surface area contributed by atoms with Gasteiger partial charge in [0.1, 0.15) is 5.00 Å². The summed E-state index contributed by atoms with van der Waals surface area (Å²) in [5.74, 6) is 1.25. The SMILES string of the molecule is CSCCCCNc1cnns1. The van der Waals surface area contributed by atoms with E-state index in [0.717, 1.165) is 11.5 Å². The summed E-state index contributed by atoms with van der Waals surface area (Å²) in [5, 5.41) is 8.08. The third-order valence-electron chi connectivity index (χ3n) is 1.44. The fraction of sp³-hybridized carbons (Fsp3) is 0.714. The number of hydrogen-bond donors (Lipinski definition) is 1. The van der Waals surface area contributed by atoms with Gasteiger partial charge in [-0.3, -0.25) is 0 Å². The molecule has 0 aliphatic carbocycles. The fourth-order valence-electron chi connectivity index (χ4n) is 0.828. The van der Waals surface area contributed by atoms with Gasteiger partial charge in [0.25, 0.3) is 0 Å².